The Balaban J connectivity index is 2.41. The van der Waals surface area contributed by atoms with Gasteiger partial charge >= 0.3 is 0 Å². The van der Waals surface area contributed by atoms with E-state index in [9.17, 15) is 23.1 Å². The van der Waals surface area contributed by atoms with E-state index in [-0.39, 0.29) is 11.7 Å². The third-order valence-electron chi connectivity index (χ3n) is 3.13. The number of hydrogen-bond acceptors (Lipinski definition) is 5. The molecule has 0 aliphatic rings. The Morgan fingerprint density at radius 2 is 1.82 bits per heavy atom. The number of nitrogens with one attached hydrogen (secondary N) is 1. The van der Waals surface area contributed by atoms with E-state index in [2.05, 4.69) is 5.32 Å². The van der Waals surface area contributed by atoms with Crippen LogP contribution in [0.4, 0.5) is 11.4 Å². The number of nitrogens with zero attached hydrogens (tertiary/aromatic N) is 1. The first kappa shape index (κ1) is 15.9. The lowest BCUT2D eigenvalue weighted by atomic mass is 10.1. The second-order valence-corrected chi connectivity index (χ2v) is 6.08. The molecule has 0 aliphatic heterocycles. The molecule has 0 heterocycles. The van der Waals surface area contributed by atoms with Crippen LogP contribution in [0.15, 0.2) is 53.4 Å². The first-order valence-electron chi connectivity index (χ1n) is 6.36. The van der Waals surface area contributed by atoms with E-state index in [0.29, 0.717) is 0 Å². The average molecular weight is 322 g/mol. The first-order chi connectivity index (χ1) is 10.3. The molecule has 0 radical (unpaired) electrons. The molecule has 0 spiro atoms. The van der Waals surface area contributed by atoms with E-state index in [1.165, 1.54) is 12.1 Å². The van der Waals surface area contributed by atoms with Crippen LogP contribution in [0.3, 0.4) is 0 Å². The quantitative estimate of drug-likeness (QED) is 0.497. The van der Waals surface area contributed by atoms with Crippen molar-refractivity contribution >= 4 is 21.5 Å². The smallest absolute Gasteiger partial charge is 0.296 e. The van der Waals surface area contributed by atoms with Gasteiger partial charge in [0, 0.05) is 18.2 Å². The van der Waals surface area contributed by atoms with Gasteiger partial charge in [-0.1, -0.05) is 30.3 Å². The van der Waals surface area contributed by atoms with Gasteiger partial charge in [-0.05, 0) is 18.6 Å². The number of anilines is 1. The van der Waals surface area contributed by atoms with Crippen molar-refractivity contribution < 1.29 is 17.9 Å². The molecule has 0 aromatic heterocycles. The summed E-state index contributed by atoms with van der Waals surface area (Å²) in [5.74, 6) is 0. The summed E-state index contributed by atoms with van der Waals surface area (Å²) in [7, 11) is -4.58. The van der Waals surface area contributed by atoms with Gasteiger partial charge in [-0.25, -0.2) is 0 Å². The maximum Gasteiger partial charge on any atom is 0.296 e. The van der Waals surface area contributed by atoms with Crippen LogP contribution in [0, 0.1) is 10.1 Å². The number of nitro benzene ring substituents is 1. The fourth-order valence-corrected chi connectivity index (χ4v) is 2.69. The van der Waals surface area contributed by atoms with E-state index in [1.807, 2.05) is 37.3 Å². The summed E-state index contributed by atoms with van der Waals surface area (Å²) >= 11 is 0. The standard InChI is InChI=1S/C14H14N2O5S/c1-10(11-5-3-2-4-6-11)15-13-8-7-12(16(17)18)9-14(13)22(19,20)21/h2-10,15H,1H3,(H,19,20,21). The molecule has 116 valence electrons. The van der Waals surface area contributed by atoms with Crippen molar-refractivity contribution in [3.05, 3.63) is 64.2 Å². The van der Waals surface area contributed by atoms with Gasteiger partial charge in [0.2, 0.25) is 0 Å². The van der Waals surface area contributed by atoms with E-state index in [0.717, 1.165) is 11.6 Å². The lowest BCUT2D eigenvalue weighted by molar-refractivity contribution is -0.385. The molecule has 0 fully saturated rings. The molecule has 0 saturated carbocycles. The molecule has 2 aromatic carbocycles. The number of hydrogen-bond donors (Lipinski definition) is 2. The molecule has 2 aromatic rings. The molecular formula is C14H14N2O5S. The van der Waals surface area contributed by atoms with Gasteiger partial charge in [0.05, 0.1) is 10.6 Å². The van der Waals surface area contributed by atoms with E-state index in [4.69, 9.17) is 0 Å². The molecule has 22 heavy (non-hydrogen) atoms. The molecule has 7 nitrogen and oxygen atoms in total. The summed E-state index contributed by atoms with van der Waals surface area (Å²) in [4.78, 5) is 9.50. The summed E-state index contributed by atoms with van der Waals surface area (Å²) in [6.45, 7) is 1.81. The Hall–Kier alpha value is -2.45. The molecule has 0 bridgehead atoms. The lowest BCUT2D eigenvalue weighted by Gasteiger charge is -2.17. The van der Waals surface area contributed by atoms with Gasteiger partial charge in [0.25, 0.3) is 15.8 Å². The Labute approximate surface area is 127 Å². The monoisotopic (exact) mass is 322 g/mol. The van der Waals surface area contributed by atoms with E-state index in [1.54, 1.807) is 0 Å². The molecular weight excluding hydrogens is 308 g/mol. The van der Waals surface area contributed by atoms with Crippen LogP contribution in [0.1, 0.15) is 18.5 Å². The number of rotatable bonds is 5. The van der Waals surface area contributed by atoms with Crippen molar-refractivity contribution in [2.24, 2.45) is 0 Å². The fourth-order valence-electron chi connectivity index (χ4n) is 2.02. The Morgan fingerprint density at radius 3 is 2.36 bits per heavy atom. The topological polar surface area (TPSA) is 110 Å². The van der Waals surface area contributed by atoms with Crippen LogP contribution >= 0.6 is 0 Å². The maximum atomic E-state index is 11.4. The third-order valence-corrected chi connectivity index (χ3v) is 4.02. The molecule has 1 unspecified atom stereocenters. The minimum atomic E-state index is -4.58. The Morgan fingerprint density at radius 1 is 1.18 bits per heavy atom. The summed E-state index contributed by atoms with van der Waals surface area (Å²) in [5, 5.41) is 13.7. The van der Waals surface area contributed by atoms with Crippen molar-refractivity contribution in [1.82, 2.24) is 0 Å². The second-order valence-electron chi connectivity index (χ2n) is 4.69. The van der Waals surface area contributed by atoms with Crippen molar-refractivity contribution in [1.29, 1.82) is 0 Å². The molecule has 2 rings (SSSR count). The van der Waals surface area contributed by atoms with Crippen LogP contribution in [0.2, 0.25) is 0 Å². The average Bonchev–Trinajstić information content (AvgIpc) is 2.47. The van der Waals surface area contributed by atoms with Gasteiger partial charge in [-0.15, -0.1) is 0 Å². The maximum absolute atomic E-state index is 11.4. The zero-order chi connectivity index (χ0) is 16.3. The zero-order valence-corrected chi connectivity index (χ0v) is 12.4. The van der Waals surface area contributed by atoms with Crippen molar-refractivity contribution in [2.45, 2.75) is 17.9 Å². The van der Waals surface area contributed by atoms with Crippen LogP contribution < -0.4 is 5.32 Å². The minimum absolute atomic E-state index is 0.101. The van der Waals surface area contributed by atoms with Gasteiger partial charge in [0.15, 0.2) is 0 Å². The van der Waals surface area contributed by atoms with Gasteiger partial charge < -0.3 is 5.32 Å². The van der Waals surface area contributed by atoms with Crippen LogP contribution in [-0.4, -0.2) is 17.9 Å². The summed E-state index contributed by atoms with van der Waals surface area (Å²) in [5.41, 5.74) is 0.595. The van der Waals surface area contributed by atoms with E-state index < -0.39 is 25.6 Å². The molecule has 0 aliphatic carbocycles. The van der Waals surface area contributed by atoms with Crippen molar-refractivity contribution in [2.75, 3.05) is 5.32 Å². The second kappa shape index (κ2) is 6.12. The van der Waals surface area contributed by atoms with E-state index >= 15 is 0 Å². The Bertz CT molecular complexity index is 790. The predicted octanol–water partition coefficient (Wildman–Crippen LogP) is 3.01. The molecule has 2 N–H and O–H groups in total. The molecule has 0 amide bonds. The highest BCUT2D eigenvalue weighted by atomic mass is 32.2. The highest BCUT2D eigenvalue weighted by Crippen LogP contribution is 2.29. The van der Waals surface area contributed by atoms with Gasteiger partial charge in [0.1, 0.15) is 4.90 Å². The SMILES string of the molecule is CC(Nc1ccc([N+](=O)[O-])cc1S(=O)(=O)O)c1ccccc1. The van der Waals surface area contributed by atoms with Crippen LogP contribution in [0.25, 0.3) is 0 Å². The summed E-state index contributed by atoms with van der Waals surface area (Å²) < 4.78 is 32.1. The molecule has 0 saturated heterocycles. The Kier molecular flexibility index (Phi) is 4.43. The van der Waals surface area contributed by atoms with Gasteiger partial charge in [-0.2, -0.15) is 8.42 Å². The summed E-state index contributed by atoms with van der Waals surface area (Å²) in [6.07, 6.45) is 0. The van der Waals surface area contributed by atoms with Crippen LogP contribution in [0.5, 0.6) is 0 Å². The third kappa shape index (κ3) is 3.60. The fraction of sp³-hybridized carbons (Fsp3) is 0.143. The van der Waals surface area contributed by atoms with Crippen molar-refractivity contribution in [3.63, 3.8) is 0 Å². The largest absolute Gasteiger partial charge is 0.377 e. The number of benzene rings is 2. The highest BCUT2D eigenvalue weighted by Gasteiger charge is 2.21. The zero-order valence-electron chi connectivity index (χ0n) is 11.6. The highest BCUT2D eigenvalue weighted by molar-refractivity contribution is 7.86. The lowest BCUT2D eigenvalue weighted by Crippen LogP contribution is -2.11. The molecule has 8 heteroatoms. The molecule has 1 atom stereocenters. The predicted molar refractivity (Wildman–Crippen MR) is 81.4 cm³/mol. The van der Waals surface area contributed by atoms with Crippen molar-refractivity contribution in [3.8, 4) is 0 Å². The van der Waals surface area contributed by atoms with Crippen LogP contribution in [-0.2, 0) is 10.1 Å². The summed E-state index contributed by atoms with van der Waals surface area (Å²) in [6, 6.07) is 12.3. The number of non-ortho nitro benzene ring substituents is 1. The first-order valence-corrected chi connectivity index (χ1v) is 7.80. The number of nitro groups is 1. The normalized spacial score (nSPS) is 12.6. The minimum Gasteiger partial charge on any atom is -0.377 e. The van der Waals surface area contributed by atoms with Gasteiger partial charge in [-0.3, -0.25) is 14.7 Å².